The van der Waals surface area contributed by atoms with E-state index in [0.29, 0.717) is 29.6 Å². The number of carbonyl (C=O) groups excluding carboxylic acids is 2. The van der Waals surface area contributed by atoms with E-state index >= 15 is 0 Å². The number of hydroxylamine groups is 2. The molecule has 2 N–H and O–H groups in total. The van der Waals surface area contributed by atoms with Gasteiger partial charge in [-0.1, -0.05) is 36.4 Å². The van der Waals surface area contributed by atoms with Crippen LogP contribution in [0.25, 0.3) is 0 Å². The lowest BCUT2D eigenvalue weighted by Crippen LogP contribution is -2.49. The number of carbonyl (C=O) groups is 2. The number of amides is 2. The quantitative estimate of drug-likeness (QED) is 0.178. The summed E-state index contributed by atoms with van der Waals surface area (Å²) in [6.07, 6.45) is -1.48. The highest BCUT2D eigenvalue weighted by Gasteiger charge is 2.28. The van der Waals surface area contributed by atoms with Gasteiger partial charge in [0.25, 0.3) is 0 Å². The number of rotatable bonds is 9. The first-order chi connectivity index (χ1) is 17.7. The van der Waals surface area contributed by atoms with Crippen LogP contribution < -0.4 is 14.8 Å². The number of ether oxygens (including phenoxy) is 4. The zero-order chi connectivity index (χ0) is 28.3. The fourth-order valence-electron chi connectivity index (χ4n) is 2.94. The lowest BCUT2D eigenvalue weighted by atomic mass is 10.2. The van der Waals surface area contributed by atoms with E-state index in [0.717, 1.165) is 11.1 Å². The van der Waals surface area contributed by atoms with E-state index in [1.807, 2.05) is 55.5 Å². The van der Waals surface area contributed by atoms with Gasteiger partial charge in [0.1, 0.15) is 17.8 Å². The van der Waals surface area contributed by atoms with Crippen LogP contribution in [0, 0.1) is 12.3 Å². The summed E-state index contributed by atoms with van der Waals surface area (Å²) in [5, 5.41) is 10.9. The van der Waals surface area contributed by atoms with Crippen LogP contribution in [-0.2, 0) is 20.9 Å². The van der Waals surface area contributed by atoms with Crippen molar-refractivity contribution in [3.63, 3.8) is 0 Å². The Labute approximate surface area is 224 Å². The first-order valence-electron chi connectivity index (χ1n) is 12.4. The Morgan fingerprint density at radius 1 is 0.868 bits per heavy atom. The summed E-state index contributed by atoms with van der Waals surface area (Å²) in [5.74, 6) is 0.563. The smallest absolute Gasteiger partial charge is 0.442 e. The molecule has 0 unspecified atom stereocenters. The molecule has 10 nitrogen and oxygen atoms in total. The standard InChI is InChI=1S/C28H39N3O7/c1-20-14-15-22(35-19-21-12-9-8-10-13-21)23(18-20)34-16-11-17-36-31(26(33)38-28(5,6)7)24(29)30-25(32)37-27(2,3)4/h8-10,12-15,18H,11,16-17,19H2,1-7H3,(H2,29,30,32). The summed E-state index contributed by atoms with van der Waals surface area (Å²) >= 11 is 0. The number of alkyl carbamates (subject to hydrolysis) is 1. The topological polar surface area (TPSA) is 119 Å². The number of guanidine groups is 1. The van der Waals surface area contributed by atoms with Crippen molar-refractivity contribution in [3.8, 4) is 11.5 Å². The maximum atomic E-state index is 12.6. The summed E-state index contributed by atoms with van der Waals surface area (Å²) < 4.78 is 22.3. The van der Waals surface area contributed by atoms with Gasteiger partial charge in [-0.25, -0.2) is 9.59 Å². The zero-order valence-corrected chi connectivity index (χ0v) is 23.3. The Balaban J connectivity index is 1.94. The first kappa shape index (κ1) is 30.4. The predicted octanol–water partition coefficient (Wildman–Crippen LogP) is 5.97. The van der Waals surface area contributed by atoms with Crippen LogP contribution in [0.2, 0.25) is 0 Å². The molecule has 208 valence electrons. The van der Waals surface area contributed by atoms with Gasteiger partial charge in [0.15, 0.2) is 11.5 Å². The summed E-state index contributed by atoms with van der Waals surface area (Å²) in [4.78, 5) is 30.2. The first-order valence-corrected chi connectivity index (χ1v) is 12.4. The normalized spacial score (nSPS) is 11.3. The average Bonchev–Trinajstić information content (AvgIpc) is 2.78. The van der Waals surface area contributed by atoms with E-state index in [4.69, 9.17) is 29.2 Å². The van der Waals surface area contributed by atoms with Crippen molar-refractivity contribution in [2.45, 2.75) is 72.7 Å². The van der Waals surface area contributed by atoms with Gasteiger partial charge < -0.3 is 18.9 Å². The molecule has 38 heavy (non-hydrogen) atoms. The van der Waals surface area contributed by atoms with Gasteiger partial charge >= 0.3 is 12.2 Å². The molecule has 0 saturated heterocycles. The Bertz CT molecular complexity index is 1080. The number of nitrogens with zero attached hydrogens (tertiary/aromatic N) is 1. The average molecular weight is 530 g/mol. The summed E-state index contributed by atoms with van der Waals surface area (Å²) in [6, 6.07) is 15.5. The summed E-state index contributed by atoms with van der Waals surface area (Å²) in [5.41, 5.74) is 0.437. The van der Waals surface area contributed by atoms with Crippen molar-refractivity contribution in [2.75, 3.05) is 13.2 Å². The number of hydrogen-bond acceptors (Lipinski definition) is 8. The van der Waals surface area contributed by atoms with Crippen LogP contribution in [-0.4, -0.2) is 47.6 Å². The van der Waals surface area contributed by atoms with Crippen LogP contribution in [0.15, 0.2) is 48.5 Å². The molecule has 0 atom stereocenters. The van der Waals surface area contributed by atoms with E-state index in [2.05, 4.69) is 5.32 Å². The van der Waals surface area contributed by atoms with Crippen molar-refractivity contribution in [3.05, 3.63) is 59.7 Å². The molecule has 0 aliphatic carbocycles. The lowest BCUT2D eigenvalue weighted by molar-refractivity contribution is -0.104. The molecule has 0 saturated carbocycles. The maximum Gasteiger partial charge on any atom is 0.442 e. The highest BCUT2D eigenvalue weighted by molar-refractivity contribution is 5.98. The van der Waals surface area contributed by atoms with Gasteiger partial charge in [-0.3, -0.25) is 15.6 Å². The largest absolute Gasteiger partial charge is 0.490 e. The predicted molar refractivity (Wildman–Crippen MR) is 143 cm³/mol. The zero-order valence-electron chi connectivity index (χ0n) is 23.3. The second-order valence-electron chi connectivity index (χ2n) is 10.5. The van der Waals surface area contributed by atoms with Crippen LogP contribution in [0.4, 0.5) is 9.59 Å². The van der Waals surface area contributed by atoms with E-state index < -0.39 is 29.3 Å². The van der Waals surface area contributed by atoms with Gasteiger partial charge in [0.2, 0.25) is 5.96 Å². The van der Waals surface area contributed by atoms with Crippen LogP contribution in [0.1, 0.15) is 59.1 Å². The monoisotopic (exact) mass is 529 g/mol. The molecule has 2 aromatic carbocycles. The molecule has 0 heterocycles. The van der Waals surface area contributed by atoms with E-state index in [1.54, 1.807) is 41.5 Å². The molecule has 0 spiro atoms. The van der Waals surface area contributed by atoms with E-state index in [9.17, 15) is 9.59 Å². The third-order valence-corrected chi connectivity index (χ3v) is 4.48. The molecule has 2 amide bonds. The minimum absolute atomic E-state index is 0.00361. The van der Waals surface area contributed by atoms with Crippen LogP contribution >= 0.6 is 0 Å². The molecule has 2 aromatic rings. The Morgan fingerprint density at radius 3 is 2.16 bits per heavy atom. The third kappa shape index (κ3) is 11.5. The molecule has 10 heteroatoms. The lowest BCUT2D eigenvalue weighted by Gasteiger charge is -2.27. The molecule has 0 aromatic heterocycles. The van der Waals surface area contributed by atoms with Crippen molar-refractivity contribution < 1.29 is 33.4 Å². The highest BCUT2D eigenvalue weighted by atomic mass is 16.7. The van der Waals surface area contributed by atoms with E-state index in [-0.39, 0.29) is 13.2 Å². The van der Waals surface area contributed by atoms with Crippen molar-refractivity contribution >= 4 is 18.1 Å². The Kier molecular flexibility index (Phi) is 10.9. The van der Waals surface area contributed by atoms with Crippen molar-refractivity contribution in [2.24, 2.45) is 0 Å². The number of hydrogen-bond donors (Lipinski definition) is 2. The summed E-state index contributed by atoms with van der Waals surface area (Å²) in [6.45, 7) is 12.7. The summed E-state index contributed by atoms with van der Waals surface area (Å²) in [7, 11) is 0. The number of nitrogens with one attached hydrogen (secondary N) is 2. The molecule has 0 aliphatic rings. The molecular formula is C28H39N3O7. The fourth-order valence-corrected chi connectivity index (χ4v) is 2.94. The third-order valence-electron chi connectivity index (χ3n) is 4.48. The molecule has 2 rings (SSSR count). The molecule has 0 aliphatic heterocycles. The number of benzene rings is 2. The van der Waals surface area contributed by atoms with Gasteiger partial charge in [-0.05, 0) is 71.7 Å². The SMILES string of the molecule is Cc1ccc(OCc2ccccc2)c(OCCCON(C(=N)NC(=O)OC(C)(C)C)C(=O)OC(C)(C)C)c1. The van der Waals surface area contributed by atoms with Gasteiger partial charge in [0, 0.05) is 6.42 Å². The minimum Gasteiger partial charge on any atom is -0.490 e. The molecule has 0 fully saturated rings. The Morgan fingerprint density at radius 2 is 1.53 bits per heavy atom. The van der Waals surface area contributed by atoms with Gasteiger partial charge in [-0.2, -0.15) is 0 Å². The second-order valence-corrected chi connectivity index (χ2v) is 10.5. The molecule has 0 radical (unpaired) electrons. The Hall–Kier alpha value is -3.79. The van der Waals surface area contributed by atoms with Crippen molar-refractivity contribution in [1.29, 1.82) is 5.41 Å². The van der Waals surface area contributed by atoms with Crippen molar-refractivity contribution in [1.82, 2.24) is 10.4 Å². The van der Waals surface area contributed by atoms with Gasteiger partial charge in [-0.15, -0.1) is 5.06 Å². The maximum absolute atomic E-state index is 12.6. The minimum atomic E-state index is -0.949. The van der Waals surface area contributed by atoms with Gasteiger partial charge in [0.05, 0.1) is 13.2 Å². The molecule has 0 bridgehead atoms. The van der Waals surface area contributed by atoms with Crippen LogP contribution in [0.3, 0.4) is 0 Å². The number of aryl methyl sites for hydroxylation is 1. The highest BCUT2D eigenvalue weighted by Crippen LogP contribution is 2.29. The van der Waals surface area contributed by atoms with E-state index in [1.165, 1.54) is 0 Å². The second kappa shape index (κ2) is 13.7. The van der Waals surface area contributed by atoms with Crippen LogP contribution in [0.5, 0.6) is 11.5 Å². The fraction of sp³-hybridized carbons (Fsp3) is 0.464. The molecular weight excluding hydrogens is 490 g/mol.